The minimum atomic E-state index is 0.0768. The van der Waals surface area contributed by atoms with E-state index in [0.29, 0.717) is 17.6 Å². The predicted molar refractivity (Wildman–Crippen MR) is 80.2 cm³/mol. The first-order valence-electron chi connectivity index (χ1n) is 7.76. The zero-order valence-electron chi connectivity index (χ0n) is 12.7. The van der Waals surface area contributed by atoms with Crippen LogP contribution in [0.5, 0.6) is 5.75 Å². The molecule has 1 aromatic carbocycles. The van der Waals surface area contributed by atoms with Crippen LogP contribution in [0.25, 0.3) is 0 Å². The van der Waals surface area contributed by atoms with Gasteiger partial charge in [-0.15, -0.1) is 0 Å². The summed E-state index contributed by atoms with van der Waals surface area (Å²) in [4.78, 5) is 12.0. The normalized spacial score (nSPS) is 29.0. The summed E-state index contributed by atoms with van der Waals surface area (Å²) in [5.41, 5.74) is 2.90. The van der Waals surface area contributed by atoms with E-state index in [4.69, 9.17) is 4.74 Å². The summed E-state index contributed by atoms with van der Waals surface area (Å²) in [6.45, 7) is 4.61. The Balaban J connectivity index is 2.13. The first-order valence-corrected chi connectivity index (χ1v) is 7.76. The zero-order valence-corrected chi connectivity index (χ0v) is 12.7. The van der Waals surface area contributed by atoms with Gasteiger partial charge < -0.3 is 4.74 Å². The topological polar surface area (TPSA) is 26.3 Å². The zero-order chi connectivity index (χ0) is 14.3. The first-order chi connectivity index (χ1) is 9.56. The lowest BCUT2D eigenvalue weighted by atomic mass is 9.59. The third-order valence-corrected chi connectivity index (χ3v) is 5.46. The summed E-state index contributed by atoms with van der Waals surface area (Å²) in [7, 11) is 1.72. The van der Waals surface area contributed by atoms with Crippen LogP contribution in [0.2, 0.25) is 0 Å². The number of Topliss-reactive ketones (excluding diaryl/α,β-unsaturated/α-hetero) is 1. The van der Waals surface area contributed by atoms with Crippen LogP contribution in [0.15, 0.2) is 18.2 Å². The SMILES string of the molecule is COc1ccc2c(c1)[C@@]1(CCC(=O)C1)[C@H](C(C)C)CC2. The molecule has 20 heavy (non-hydrogen) atoms. The molecule has 0 amide bonds. The number of ketones is 1. The fourth-order valence-electron chi connectivity index (χ4n) is 4.56. The van der Waals surface area contributed by atoms with Gasteiger partial charge in [0.15, 0.2) is 0 Å². The van der Waals surface area contributed by atoms with E-state index in [2.05, 4.69) is 32.0 Å². The Bertz CT molecular complexity index is 532. The van der Waals surface area contributed by atoms with E-state index < -0.39 is 0 Å². The Kier molecular flexibility index (Phi) is 3.35. The lowest BCUT2D eigenvalue weighted by Gasteiger charge is -2.45. The van der Waals surface area contributed by atoms with Gasteiger partial charge in [0.05, 0.1) is 7.11 Å². The van der Waals surface area contributed by atoms with Crippen molar-refractivity contribution in [1.29, 1.82) is 0 Å². The molecule has 1 spiro atoms. The fraction of sp³-hybridized carbons (Fsp3) is 0.611. The van der Waals surface area contributed by atoms with Gasteiger partial charge in [-0.2, -0.15) is 0 Å². The van der Waals surface area contributed by atoms with Gasteiger partial charge in [0, 0.05) is 18.3 Å². The Morgan fingerprint density at radius 3 is 2.70 bits per heavy atom. The molecule has 2 heteroatoms. The summed E-state index contributed by atoms with van der Waals surface area (Å²) in [6.07, 6.45) is 4.85. The van der Waals surface area contributed by atoms with Crippen molar-refractivity contribution in [2.45, 2.75) is 51.4 Å². The molecule has 3 rings (SSSR count). The van der Waals surface area contributed by atoms with Crippen LogP contribution in [-0.4, -0.2) is 12.9 Å². The number of ether oxygens (including phenoxy) is 1. The molecule has 0 aromatic heterocycles. The average molecular weight is 272 g/mol. The minimum Gasteiger partial charge on any atom is -0.497 e. The Labute approximate surface area is 121 Å². The second-order valence-electron chi connectivity index (χ2n) is 6.78. The summed E-state index contributed by atoms with van der Waals surface area (Å²) in [5.74, 6) is 2.60. The third kappa shape index (κ3) is 1.97. The number of hydrogen-bond donors (Lipinski definition) is 0. The number of carbonyl (C=O) groups excluding carboxylic acids is 1. The average Bonchev–Trinajstić information content (AvgIpc) is 2.81. The molecule has 2 aliphatic rings. The molecule has 0 aliphatic heterocycles. The highest BCUT2D eigenvalue weighted by Crippen LogP contribution is 2.53. The molecule has 1 saturated carbocycles. The Morgan fingerprint density at radius 2 is 2.10 bits per heavy atom. The molecular formula is C18H24O2. The number of fused-ring (bicyclic) bond motifs is 2. The van der Waals surface area contributed by atoms with E-state index >= 15 is 0 Å². The Hall–Kier alpha value is -1.31. The molecule has 1 fully saturated rings. The van der Waals surface area contributed by atoms with Crippen molar-refractivity contribution in [3.05, 3.63) is 29.3 Å². The molecule has 0 radical (unpaired) electrons. The van der Waals surface area contributed by atoms with Crippen LogP contribution < -0.4 is 4.74 Å². The first kappa shape index (κ1) is 13.7. The van der Waals surface area contributed by atoms with Crippen LogP contribution >= 0.6 is 0 Å². The van der Waals surface area contributed by atoms with Gasteiger partial charge >= 0.3 is 0 Å². The van der Waals surface area contributed by atoms with Gasteiger partial charge in [0.2, 0.25) is 0 Å². The van der Waals surface area contributed by atoms with Crippen molar-refractivity contribution >= 4 is 5.78 Å². The lowest BCUT2D eigenvalue weighted by Crippen LogP contribution is -2.40. The number of carbonyl (C=O) groups is 1. The predicted octanol–water partition coefficient (Wildman–Crippen LogP) is 3.90. The van der Waals surface area contributed by atoms with E-state index in [0.717, 1.165) is 31.4 Å². The highest BCUT2D eigenvalue weighted by atomic mass is 16.5. The monoisotopic (exact) mass is 272 g/mol. The molecule has 0 N–H and O–H groups in total. The highest BCUT2D eigenvalue weighted by molar-refractivity contribution is 5.83. The number of rotatable bonds is 2. The van der Waals surface area contributed by atoms with E-state index in [-0.39, 0.29) is 5.41 Å². The van der Waals surface area contributed by atoms with Crippen molar-refractivity contribution in [1.82, 2.24) is 0 Å². The summed E-state index contributed by atoms with van der Waals surface area (Å²) >= 11 is 0. The van der Waals surface area contributed by atoms with Crippen LogP contribution in [-0.2, 0) is 16.6 Å². The van der Waals surface area contributed by atoms with Gasteiger partial charge in [-0.05, 0) is 54.4 Å². The van der Waals surface area contributed by atoms with Crippen LogP contribution in [0.4, 0.5) is 0 Å². The van der Waals surface area contributed by atoms with E-state index in [1.165, 1.54) is 17.5 Å². The maximum Gasteiger partial charge on any atom is 0.133 e. The quantitative estimate of drug-likeness (QED) is 0.816. The largest absolute Gasteiger partial charge is 0.497 e. The molecule has 0 bridgehead atoms. The summed E-state index contributed by atoms with van der Waals surface area (Å²) in [5, 5.41) is 0. The van der Waals surface area contributed by atoms with Gasteiger partial charge in [-0.1, -0.05) is 19.9 Å². The van der Waals surface area contributed by atoms with Crippen molar-refractivity contribution in [3.8, 4) is 5.75 Å². The number of benzene rings is 1. The number of aryl methyl sites for hydroxylation is 1. The second-order valence-corrected chi connectivity index (χ2v) is 6.78. The fourth-order valence-corrected chi connectivity index (χ4v) is 4.56. The molecule has 0 saturated heterocycles. The maximum atomic E-state index is 12.0. The molecular weight excluding hydrogens is 248 g/mol. The molecule has 2 nitrogen and oxygen atoms in total. The maximum absolute atomic E-state index is 12.0. The highest BCUT2D eigenvalue weighted by Gasteiger charge is 2.49. The van der Waals surface area contributed by atoms with Crippen LogP contribution in [0, 0.1) is 11.8 Å². The molecule has 2 atom stereocenters. The molecule has 0 unspecified atom stereocenters. The molecule has 1 aromatic rings. The minimum absolute atomic E-state index is 0.0768. The van der Waals surface area contributed by atoms with Crippen molar-refractivity contribution in [3.63, 3.8) is 0 Å². The van der Waals surface area contributed by atoms with E-state index in [1.807, 2.05) is 0 Å². The smallest absolute Gasteiger partial charge is 0.133 e. The molecule has 108 valence electrons. The molecule has 0 heterocycles. The standard InChI is InChI=1S/C18H24O2/c1-12(2)16-7-5-13-4-6-15(20-3)10-17(13)18(16)9-8-14(19)11-18/h4,6,10,12,16H,5,7-9,11H2,1-3H3/t16-,18+/m0/s1. The lowest BCUT2D eigenvalue weighted by molar-refractivity contribution is -0.118. The van der Waals surface area contributed by atoms with Crippen molar-refractivity contribution < 1.29 is 9.53 Å². The van der Waals surface area contributed by atoms with Gasteiger partial charge in [0.25, 0.3) is 0 Å². The van der Waals surface area contributed by atoms with Gasteiger partial charge in [-0.3, -0.25) is 4.79 Å². The van der Waals surface area contributed by atoms with Crippen LogP contribution in [0.3, 0.4) is 0 Å². The summed E-state index contributed by atoms with van der Waals surface area (Å²) < 4.78 is 5.42. The van der Waals surface area contributed by atoms with Crippen molar-refractivity contribution in [2.24, 2.45) is 11.8 Å². The second kappa shape index (κ2) is 4.91. The van der Waals surface area contributed by atoms with Crippen molar-refractivity contribution in [2.75, 3.05) is 7.11 Å². The third-order valence-electron chi connectivity index (χ3n) is 5.46. The van der Waals surface area contributed by atoms with E-state index in [9.17, 15) is 4.79 Å². The number of methoxy groups -OCH3 is 1. The van der Waals surface area contributed by atoms with Gasteiger partial charge in [-0.25, -0.2) is 0 Å². The van der Waals surface area contributed by atoms with E-state index in [1.54, 1.807) is 7.11 Å². The number of hydrogen-bond acceptors (Lipinski definition) is 2. The molecule has 2 aliphatic carbocycles. The van der Waals surface area contributed by atoms with Gasteiger partial charge in [0.1, 0.15) is 11.5 Å². The van der Waals surface area contributed by atoms with Crippen LogP contribution in [0.1, 0.15) is 50.7 Å². The summed E-state index contributed by atoms with van der Waals surface area (Å²) in [6, 6.07) is 6.46. The Morgan fingerprint density at radius 1 is 1.30 bits per heavy atom.